The molecule has 1 fully saturated rings. The van der Waals surface area contributed by atoms with Crippen LogP contribution < -0.4 is 9.62 Å². The number of aryl methyl sites for hydroxylation is 1. The van der Waals surface area contributed by atoms with Crippen LogP contribution in [0.2, 0.25) is 0 Å². The van der Waals surface area contributed by atoms with E-state index in [-0.39, 0.29) is 18.1 Å². The molecule has 1 N–H and O–H groups in total. The molecule has 0 radical (unpaired) electrons. The summed E-state index contributed by atoms with van der Waals surface area (Å²) in [6, 6.07) is 13.4. The lowest BCUT2D eigenvalue weighted by atomic mass is 10.0. The van der Waals surface area contributed by atoms with Crippen LogP contribution >= 0.6 is 0 Å². The third-order valence-corrected chi connectivity index (χ3v) is 6.77. The lowest BCUT2D eigenvalue weighted by molar-refractivity contribution is -0.141. The zero-order valence-corrected chi connectivity index (χ0v) is 17.2. The van der Waals surface area contributed by atoms with Crippen LogP contribution in [0.15, 0.2) is 48.5 Å². The van der Waals surface area contributed by atoms with Crippen LogP contribution in [0.25, 0.3) is 0 Å². The molecule has 7 nitrogen and oxygen atoms in total. The highest BCUT2D eigenvalue weighted by Gasteiger charge is 2.28. The minimum absolute atomic E-state index is 0.00933. The molecule has 0 aromatic heterocycles. The molecule has 2 aromatic carbocycles. The van der Waals surface area contributed by atoms with Crippen molar-refractivity contribution in [3.8, 4) is 0 Å². The van der Waals surface area contributed by atoms with Gasteiger partial charge in [-0.1, -0.05) is 29.8 Å². The van der Waals surface area contributed by atoms with Gasteiger partial charge in [0.05, 0.1) is 31.0 Å². The first-order valence-corrected chi connectivity index (χ1v) is 11.0. The quantitative estimate of drug-likeness (QED) is 0.731. The van der Waals surface area contributed by atoms with Crippen molar-refractivity contribution in [2.75, 3.05) is 23.7 Å². The predicted molar refractivity (Wildman–Crippen MR) is 110 cm³/mol. The summed E-state index contributed by atoms with van der Waals surface area (Å²) in [5.74, 6) is -0.637. The molecule has 0 spiro atoms. The molecule has 1 heterocycles. The summed E-state index contributed by atoms with van der Waals surface area (Å²) in [7, 11) is -1.96. The van der Waals surface area contributed by atoms with E-state index < -0.39 is 22.0 Å². The third kappa shape index (κ3) is 4.95. The first kappa shape index (κ1) is 20.9. The Balaban J connectivity index is 1.76. The smallest absolute Gasteiger partial charge is 0.307 e. The summed E-state index contributed by atoms with van der Waals surface area (Å²) in [6.07, 6.45) is 0.603. The first-order valence-electron chi connectivity index (χ1n) is 9.35. The Labute approximate surface area is 170 Å². The Hall–Kier alpha value is -2.87. The Kier molecular flexibility index (Phi) is 6.22. The van der Waals surface area contributed by atoms with Gasteiger partial charge in [0.25, 0.3) is 5.91 Å². The molecule has 0 aliphatic carbocycles. The number of hydrogen-bond donors (Lipinski definition) is 1. The van der Waals surface area contributed by atoms with Crippen molar-refractivity contribution >= 4 is 27.6 Å². The van der Waals surface area contributed by atoms with Crippen LogP contribution in [-0.2, 0) is 19.6 Å². The van der Waals surface area contributed by atoms with E-state index in [1.807, 2.05) is 31.2 Å². The fraction of sp³-hybridized carbons (Fsp3) is 0.333. The van der Waals surface area contributed by atoms with E-state index >= 15 is 0 Å². The van der Waals surface area contributed by atoms with Gasteiger partial charge in [0.15, 0.2) is 0 Å². The van der Waals surface area contributed by atoms with Crippen LogP contribution in [0.4, 0.5) is 5.69 Å². The van der Waals surface area contributed by atoms with Crippen molar-refractivity contribution in [3.05, 3.63) is 65.2 Å². The largest absolute Gasteiger partial charge is 0.469 e. The molecule has 29 heavy (non-hydrogen) atoms. The second-order valence-electron chi connectivity index (χ2n) is 7.01. The number of carbonyl (C=O) groups is 2. The molecule has 1 atom stereocenters. The molecule has 0 unspecified atom stereocenters. The topological polar surface area (TPSA) is 92.8 Å². The second kappa shape index (κ2) is 8.65. The van der Waals surface area contributed by atoms with Crippen molar-refractivity contribution in [2.45, 2.75) is 25.8 Å². The van der Waals surface area contributed by atoms with E-state index in [0.29, 0.717) is 24.2 Å². The van der Waals surface area contributed by atoms with Gasteiger partial charge in [0, 0.05) is 12.1 Å². The SMILES string of the molecule is COC(=O)C[C@@H](NC(=O)c1ccc(N2CCCS2(=O)=O)cc1)c1ccc(C)cc1. The summed E-state index contributed by atoms with van der Waals surface area (Å²) in [6.45, 7) is 2.41. The third-order valence-electron chi connectivity index (χ3n) is 4.90. The van der Waals surface area contributed by atoms with Crippen molar-refractivity contribution in [3.63, 3.8) is 0 Å². The summed E-state index contributed by atoms with van der Waals surface area (Å²) < 4.78 is 30.2. The maximum atomic E-state index is 12.7. The van der Waals surface area contributed by atoms with Crippen LogP contribution in [0, 0.1) is 6.92 Å². The molecule has 1 saturated heterocycles. The van der Waals surface area contributed by atoms with Gasteiger partial charge in [0.2, 0.25) is 10.0 Å². The average molecular weight is 416 g/mol. The van der Waals surface area contributed by atoms with Gasteiger partial charge >= 0.3 is 5.97 Å². The fourth-order valence-corrected chi connectivity index (χ4v) is 4.82. The predicted octanol–water partition coefficient (Wildman–Crippen LogP) is 2.57. The van der Waals surface area contributed by atoms with Gasteiger partial charge in [0.1, 0.15) is 0 Å². The molecule has 0 bridgehead atoms. The standard InChI is InChI=1S/C21H24N2O5S/c1-15-4-6-16(7-5-15)19(14-20(24)28-2)22-21(25)17-8-10-18(11-9-17)23-12-3-13-29(23,26)27/h4-11,19H,3,12-14H2,1-2H3,(H,22,25)/t19-/m1/s1. The van der Waals surface area contributed by atoms with E-state index in [1.54, 1.807) is 24.3 Å². The van der Waals surface area contributed by atoms with E-state index in [4.69, 9.17) is 4.74 Å². The maximum Gasteiger partial charge on any atom is 0.307 e. The number of nitrogens with zero attached hydrogens (tertiary/aromatic N) is 1. The molecule has 2 aromatic rings. The first-order chi connectivity index (χ1) is 13.8. The zero-order chi connectivity index (χ0) is 21.0. The lowest BCUT2D eigenvalue weighted by Crippen LogP contribution is -2.30. The van der Waals surface area contributed by atoms with Crippen LogP contribution in [0.3, 0.4) is 0 Å². The Morgan fingerprint density at radius 2 is 1.76 bits per heavy atom. The Morgan fingerprint density at radius 3 is 2.31 bits per heavy atom. The number of esters is 1. The highest BCUT2D eigenvalue weighted by molar-refractivity contribution is 7.93. The van der Waals surface area contributed by atoms with E-state index in [0.717, 1.165) is 11.1 Å². The average Bonchev–Trinajstić information content (AvgIpc) is 3.07. The maximum absolute atomic E-state index is 12.7. The number of sulfonamides is 1. The molecule has 0 saturated carbocycles. The summed E-state index contributed by atoms with van der Waals surface area (Å²) in [5, 5.41) is 2.87. The summed E-state index contributed by atoms with van der Waals surface area (Å²) in [5.41, 5.74) is 2.80. The van der Waals surface area contributed by atoms with Crippen molar-refractivity contribution < 1.29 is 22.7 Å². The zero-order valence-electron chi connectivity index (χ0n) is 16.4. The summed E-state index contributed by atoms with van der Waals surface area (Å²) in [4.78, 5) is 24.5. The number of hydrogen-bond acceptors (Lipinski definition) is 5. The molecule has 1 aliphatic rings. The molecule has 8 heteroatoms. The molecular weight excluding hydrogens is 392 g/mol. The van der Waals surface area contributed by atoms with Gasteiger partial charge < -0.3 is 10.1 Å². The number of amides is 1. The van der Waals surface area contributed by atoms with E-state index in [1.165, 1.54) is 11.4 Å². The minimum atomic E-state index is -3.27. The van der Waals surface area contributed by atoms with Gasteiger partial charge in [-0.15, -0.1) is 0 Å². The molecule has 154 valence electrons. The number of anilines is 1. The molecule has 1 amide bonds. The Morgan fingerprint density at radius 1 is 1.10 bits per heavy atom. The number of carbonyl (C=O) groups excluding carboxylic acids is 2. The lowest BCUT2D eigenvalue weighted by Gasteiger charge is -2.19. The van der Waals surface area contributed by atoms with E-state index in [2.05, 4.69) is 5.32 Å². The van der Waals surface area contributed by atoms with Gasteiger partial charge in [-0.3, -0.25) is 13.9 Å². The van der Waals surface area contributed by atoms with Gasteiger partial charge in [-0.05, 0) is 43.2 Å². The number of ether oxygens (including phenoxy) is 1. The van der Waals surface area contributed by atoms with Crippen LogP contribution in [0.5, 0.6) is 0 Å². The van der Waals surface area contributed by atoms with Crippen molar-refractivity contribution in [2.24, 2.45) is 0 Å². The van der Waals surface area contributed by atoms with Gasteiger partial charge in [-0.25, -0.2) is 8.42 Å². The van der Waals surface area contributed by atoms with Crippen molar-refractivity contribution in [1.82, 2.24) is 5.32 Å². The van der Waals surface area contributed by atoms with Gasteiger partial charge in [-0.2, -0.15) is 0 Å². The molecular formula is C21H24N2O5S. The second-order valence-corrected chi connectivity index (χ2v) is 9.02. The number of benzene rings is 2. The van der Waals surface area contributed by atoms with Crippen molar-refractivity contribution in [1.29, 1.82) is 0 Å². The normalized spacial score (nSPS) is 16.3. The van der Waals surface area contributed by atoms with Crippen LogP contribution in [0.1, 0.15) is 40.4 Å². The number of nitrogens with one attached hydrogen (secondary N) is 1. The minimum Gasteiger partial charge on any atom is -0.469 e. The molecule has 3 rings (SSSR count). The highest BCUT2D eigenvalue weighted by Crippen LogP contribution is 2.25. The van der Waals surface area contributed by atoms with Crippen LogP contribution in [-0.4, -0.2) is 39.7 Å². The van der Waals surface area contributed by atoms with E-state index in [9.17, 15) is 18.0 Å². The number of rotatable bonds is 6. The molecule has 1 aliphatic heterocycles. The fourth-order valence-electron chi connectivity index (χ4n) is 3.25. The number of methoxy groups -OCH3 is 1. The summed E-state index contributed by atoms with van der Waals surface area (Å²) >= 11 is 0. The Bertz CT molecular complexity index is 985. The monoisotopic (exact) mass is 416 g/mol. The highest BCUT2D eigenvalue weighted by atomic mass is 32.2.